The molecule has 0 aromatic heterocycles. The number of hydrogen-bond acceptors (Lipinski definition) is 0. The zero-order valence-corrected chi connectivity index (χ0v) is 66.2. The van der Waals surface area contributed by atoms with Crippen LogP contribution in [0.4, 0.5) is 0 Å². The van der Waals surface area contributed by atoms with Crippen molar-refractivity contribution >= 4 is 43.1 Å². The second-order valence-electron chi connectivity index (χ2n) is 19.6. The second-order valence-corrected chi connectivity index (χ2v) is 19.6. The maximum atomic E-state index is 3.13. The molecule has 0 radical (unpaired) electrons. The molecular formula is C72H56K6. The first-order valence-electron chi connectivity index (χ1n) is 24.9. The summed E-state index contributed by atoms with van der Waals surface area (Å²) in [5.74, 6) is 0. The van der Waals surface area contributed by atoms with Crippen molar-refractivity contribution in [3.05, 3.63) is 324 Å². The topological polar surface area (TPSA) is 0 Å². The van der Waals surface area contributed by atoms with Crippen molar-refractivity contribution in [3.63, 3.8) is 0 Å². The molecule has 0 N–H and O–H groups in total. The molecule has 0 saturated carbocycles. The van der Waals surface area contributed by atoms with Crippen LogP contribution in [0.15, 0.2) is 243 Å². The van der Waals surface area contributed by atoms with Gasteiger partial charge in [-0.25, -0.2) is 0 Å². The summed E-state index contributed by atoms with van der Waals surface area (Å²) in [5, 5.41) is 10.4. The summed E-state index contributed by atoms with van der Waals surface area (Å²) in [5.41, 5.74) is 13.2. The van der Waals surface area contributed by atoms with Gasteiger partial charge < -0.3 is 0 Å². The molecule has 12 aromatic rings. The van der Waals surface area contributed by atoms with Crippen LogP contribution in [-0.2, 0) is 23.7 Å². The molecule has 0 unspecified atom stereocenters. The van der Waals surface area contributed by atoms with Crippen LogP contribution in [0.25, 0.3) is 54.2 Å². The van der Waals surface area contributed by atoms with E-state index in [2.05, 4.69) is 234 Å². The molecule has 0 bridgehead atoms. The Labute approximate surface area is 720 Å². The Kier molecular flexibility index (Phi) is 32.6. The smallest absolute Gasteiger partial charge is 0.184 e. The maximum Gasteiger partial charge on any atom is 1.00 e. The van der Waals surface area contributed by atoms with Crippen LogP contribution in [0.1, 0.15) is 72.2 Å². The van der Waals surface area contributed by atoms with E-state index < -0.39 is 0 Å². The first-order valence-corrected chi connectivity index (χ1v) is 24.9. The minimum atomic E-state index is -0.0144. The van der Waals surface area contributed by atoms with Gasteiger partial charge in [0.05, 0.1) is 0 Å². The Morgan fingerprint density at radius 1 is 0.282 bits per heavy atom. The van der Waals surface area contributed by atoms with Crippen molar-refractivity contribution in [1.29, 1.82) is 0 Å². The quantitative estimate of drug-likeness (QED) is 0.109. The molecule has 0 nitrogen and oxygen atoms in total. The molecule has 0 aliphatic heterocycles. The van der Waals surface area contributed by atoms with E-state index in [9.17, 15) is 0 Å². The minimum Gasteiger partial charge on any atom is -0.184 e. The van der Waals surface area contributed by atoms with E-state index in [4.69, 9.17) is 0 Å². The van der Waals surface area contributed by atoms with Gasteiger partial charge in [0.15, 0.2) is 0 Å². The van der Waals surface area contributed by atoms with Crippen LogP contribution in [0.2, 0.25) is 0 Å². The zero-order chi connectivity index (χ0) is 49.3. The molecule has 12 aromatic carbocycles. The predicted octanol–water partition coefficient (Wildman–Crippen LogP) is -0.00186. The molecular weight excluding hydrogens is 1100 g/mol. The molecule has 0 heterocycles. The molecule has 0 amide bonds. The molecule has 0 fully saturated rings. The van der Waals surface area contributed by atoms with Crippen molar-refractivity contribution in [1.82, 2.24) is 0 Å². The van der Waals surface area contributed by atoms with Crippen LogP contribution in [0.5, 0.6) is 0 Å². The first-order chi connectivity index (χ1) is 35.2. The Balaban J connectivity index is 0.000000246. The Bertz CT molecular complexity index is 3430. The standard InChI is InChI=1S/C28H20.C24H24.C20H12.6K/c1-3-11-21(12-4-1)19-27-23-15-7-9-17-25(23)28(20-22-13-5-2-6-14-22)26-18-10-8-16-24(26)27;1-23(2,19-11-7-5-8-12-19)21-15-17-22(18-16-21)24(3,4)20-13-9-6-10-14-20;1-3-7-17-13-19(11-9-15(17)5-1)20-12-10-16-6-2-4-8-18(16)14-20;;;;;;/h3-18H,19-20H2;7-18H,1-4H3;3-14H;;;;;;/q3*-2;6*+1. The third-order valence-corrected chi connectivity index (χ3v) is 14.4. The van der Waals surface area contributed by atoms with E-state index >= 15 is 0 Å². The average Bonchev–Trinajstić information content (AvgIpc) is 3.54. The normalized spacial score (nSPS) is 10.6. The summed E-state index contributed by atoms with van der Waals surface area (Å²) < 4.78 is 0. The fraction of sp³-hybridized carbons (Fsp3) is 0.111. The van der Waals surface area contributed by atoms with Gasteiger partial charge in [0, 0.05) is 0 Å². The van der Waals surface area contributed by atoms with Gasteiger partial charge in [-0.3, -0.25) is 0 Å². The Morgan fingerprint density at radius 2 is 0.564 bits per heavy atom. The molecule has 78 heavy (non-hydrogen) atoms. The number of benzene rings is 12. The SMILES string of the molecule is CC(C)(c1cc[c-]cc1)c1ccc(C(C)(C)c2cc[c-]cc2)cc1.[K+].[K+].[K+].[K+].[K+].[K+].[c-]1ccc(Cc2c3ccccc3c(Cc3cc[c-]cc3)c3ccccc23)cc1.[c-]1ccc2cc(-c3ccc4c[c-]ccc4c3)ccc2c1. The number of rotatable bonds is 9. The van der Waals surface area contributed by atoms with Gasteiger partial charge >= 0.3 is 308 Å². The van der Waals surface area contributed by atoms with E-state index in [1.807, 2.05) is 72.8 Å². The molecule has 6 heteroatoms. The van der Waals surface area contributed by atoms with Gasteiger partial charge in [-0.15, -0.1) is 44.8 Å². The van der Waals surface area contributed by atoms with Gasteiger partial charge in [-0.05, 0) is 78.6 Å². The molecule has 0 saturated heterocycles. The summed E-state index contributed by atoms with van der Waals surface area (Å²) in [7, 11) is 0. The molecule has 0 aliphatic rings. The van der Waals surface area contributed by atoms with E-state index in [1.54, 1.807) is 0 Å². The summed E-state index contributed by atoms with van der Waals surface area (Å²) in [6.07, 6.45) is 1.85. The van der Waals surface area contributed by atoms with Crippen LogP contribution in [-0.4, -0.2) is 0 Å². The van der Waals surface area contributed by atoms with Crippen molar-refractivity contribution in [2.24, 2.45) is 0 Å². The van der Waals surface area contributed by atoms with Gasteiger partial charge in [-0.1, -0.05) is 125 Å². The van der Waals surface area contributed by atoms with E-state index in [-0.39, 0.29) is 319 Å². The van der Waals surface area contributed by atoms with Crippen LogP contribution in [0.3, 0.4) is 0 Å². The van der Waals surface area contributed by atoms with E-state index in [0.29, 0.717) is 0 Å². The van der Waals surface area contributed by atoms with Gasteiger partial charge in [0.2, 0.25) is 0 Å². The molecule has 0 atom stereocenters. The second kappa shape index (κ2) is 35.3. The monoisotopic (exact) mass is 1150 g/mol. The molecule has 0 spiro atoms. The Hall–Kier alpha value is 1.50. The summed E-state index contributed by atoms with van der Waals surface area (Å²) in [6.45, 7) is 9.09. The van der Waals surface area contributed by atoms with Crippen molar-refractivity contribution in [3.8, 4) is 11.1 Å². The fourth-order valence-corrected chi connectivity index (χ4v) is 10.0. The largest absolute Gasteiger partial charge is 1.00 e. The number of hydrogen-bond donors (Lipinski definition) is 0. The number of fused-ring (bicyclic) bond motifs is 4. The predicted molar refractivity (Wildman–Crippen MR) is 303 cm³/mol. The van der Waals surface area contributed by atoms with Crippen LogP contribution >= 0.6 is 0 Å². The van der Waals surface area contributed by atoms with Gasteiger partial charge in [0.1, 0.15) is 0 Å². The molecule has 12 rings (SSSR count). The summed E-state index contributed by atoms with van der Waals surface area (Å²) in [4.78, 5) is 0. The third-order valence-electron chi connectivity index (χ3n) is 14.4. The third kappa shape index (κ3) is 18.3. The van der Waals surface area contributed by atoms with Gasteiger partial charge in [0.25, 0.3) is 0 Å². The van der Waals surface area contributed by atoms with Crippen molar-refractivity contribution in [2.75, 3.05) is 0 Å². The van der Waals surface area contributed by atoms with Crippen molar-refractivity contribution in [2.45, 2.75) is 51.4 Å². The maximum absolute atomic E-state index is 3.13. The van der Waals surface area contributed by atoms with E-state index in [0.717, 1.165) is 12.8 Å². The average molecular weight is 1160 g/mol. The van der Waals surface area contributed by atoms with Crippen molar-refractivity contribution < 1.29 is 308 Å². The molecule has 0 aliphatic carbocycles. The van der Waals surface area contributed by atoms with Crippen LogP contribution in [0, 0.1) is 36.4 Å². The van der Waals surface area contributed by atoms with E-state index in [1.165, 1.54) is 98.7 Å². The fourth-order valence-electron chi connectivity index (χ4n) is 10.0. The minimum absolute atomic E-state index is 0. The molecule has 350 valence electrons. The summed E-state index contributed by atoms with van der Waals surface area (Å²) in [6, 6.07) is 104. The van der Waals surface area contributed by atoms with Gasteiger partial charge in [-0.2, -0.15) is 181 Å². The first kappa shape index (κ1) is 72.0. The Morgan fingerprint density at radius 3 is 0.885 bits per heavy atom. The van der Waals surface area contributed by atoms with Crippen LogP contribution < -0.4 is 308 Å². The zero-order valence-electron chi connectivity index (χ0n) is 47.5. The summed E-state index contributed by atoms with van der Waals surface area (Å²) >= 11 is 0.